The third kappa shape index (κ3) is 4.19. The number of nitrogens with zero attached hydrogens (tertiary/aromatic N) is 3. The van der Waals surface area contributed by atoms with Gasteiger partial charge in [0.2, 0.25) is 0 Å². The molecule has 0 saturated carbocycles. The molecular weight excluding hydrogens is 574 g/mol. The number of aromatic nitrogens is 3. The van der Waals surface area contributed by atoms with Crippen LogP contribution in [0.3, 0.4) is 0 Å². The van der Waals surface area contributed by atoms with E-state index in [0.717, 1.165) is 60.2 Å². The zero-order valence-electron chi connectivity index (χ0n) is 25.2. The van der Waals surface area contributed by atoms with Crippen LogP contribution >= 0.6 is 0 Å². The lowest BCUT2D eigenvalue weighted by atomic mass is 10.00. The van der Waals surface area contributed by atoms with Gasteiger partial charge < -0.3 is 4.42 Å². The molecule has 0 N–H and O–H groups in total. The summed E-state index contributed by atoms with van der Waals surface area (Å²) in [7, 11) is 0. The molecule has 4 heteroatoms. The fourth-order valence-corrected chi connectivity index (χ4v) is 6.93. The summed E-state index contributed by atoms with van der Waals surface area (Å²) < 4.78 is 6.41. The Morgan fingerprint density at radius 2 is 0.915 bits per heavy atom. The second-order valence-corrected chi connectivity index (χ2v) is 12.1. The fraction of sp³-hybridized carbons (Fsp3) is 0. The molecule has 8 aromatic carbocycles. The largest absolute Gasteiger partial charge is 0.456 e. The summed E-state index contributed by atoms with van der Waals surface area (Å²) in [5.74, 6) is 1.87. The van der Waals surface area contributed by atoms with Gasteiger partial charge in [0.15, 0.2) is 17.5 Å². The zero-order valence-corrected chi connectivity index (χ0v) is 25.2. The minimum atomic E-state index is 0.609. The van der Waals surface area contributed by atoms with Gasteiger partial charge in [0.05, 0.1) is 0 Å². The second kappa shape index (κ2) is 10.1. The summed E-state index contributed by atoms with van der Waals surface area (Å²) in [5, 5.41) is 11.5. The van der Waals surface area contributed by atoms with E-state index >= 15 is 0 Å². The first-order chi connectivity index (χ1) is 23.2. The SMILES string of the molecule is c1ccc2cc(-c3nc(-c4ccc5c(ccc6ccccc65)c4)nc(-c4cccc5oc6cc7ccccc7cc6c45)n3)ccc2c1. The van der Waals surface area contributed by atoms with Crippen molar-refractivity contribution in [3.05, 3.63) is 152 Å². The minimum absolute atomic E-state index is 0.609. The Balaban J connectivity index is 1.23. The van der Waals surface area contributed by atoms with E-state index in [-0.39, 0.29) is 0 Å². The highest BCUT2D eigenvalue weighted by molar-refractivity contribution is 6.15. The van der Waals surface area contributed by atoms with Gasteiger partial charge in [-0.1, -0.05) is 121 Å². The first-order valence-corrected chi connectivity index (χ1v) is 15.8. The van der Waals surface area contributed by atoms with Crippen molar-refractivity contribution in [1.29, 1.82) is 0 Å². The van der Waals surface area contributed by atoms with Crippen LogP contribution in [0, 0.1) is 0 Å². The first kappa shape index (κ1) is 25.9. The Hall–Kier alpha value is -6.39. The van der Waals surface area contributed by atoms with Crippen molar-refractivity contribution >= 4 is 65.0 Å². The van der Waals surface area contributed by atoms with Gasteiger partial charge in [-0.3, -0.25) is 0 Å². The van der Waals surface area contributed by atoms with E-state index in [1.807, 2.05) is 12.1 Å². The van der Waals surface area contributed by atoms with Crippen molar-refractivity contribution in [3.8, 4) is 34.2 Å². The van der Waals surface area contributed by atoms with E-state index in [4.69, 9.17) is 19.4 Å². The minimum Gasteiger partial charge on any atom is -0.456 e. The van der Waals surface area contributed by atoms with Crippen molar-refractivity contribution in [2.45, 2.75) is 0 Å². The maximum atomic E-state index is 6.41. The quantitative estimate of drug-likeness (QED) is 0.190. The van der Waals surface area contributed by atoms with Crippen molar-refractivity contribution in [2.75, 3.05) is 0 Å². The van der Waals surface area contributed by atoms with Gasteiger partial charge in [-0.2, -0.15) is 0 Å². The van der Waals surface area contributed by atoms with Crippen LogP contribution in [0.4, 0.5) is 0 Å². The zero-order chi connectivity index (χ0) is 30.9. The topological polar surface area (TPSA) is 51.8 Å². The number of hydrogen-bond acceptors (Lipinski definition) is 4. The van der Waals surface area contributed by atoms with Crippen LogP contribution in [0.5, 0.6) is 0 Å². The molecule has 0 bridgehead atoms. The average Bonchev–Trinajstić information content (AvgIpc) is 3.50. The summed E-state index contributed by atoms with van der Waals surface area (Å²) in [6, 6.07) is 52.9. The highest BCUT2D eigenvalue weighted by Crippen LogP contribution is 2.39. The van der Waals surface area contributed by atoms with Crippen LogP contribution in [-0.4, -0.2) is 15.0 Å². The molecule has 2 aromatic heterocycles. The molecular formula is C43H25N3O. The Morgan fingerprint density at radius 3 is 1.72 bits per heavy atom. The fourth-order valence-electron chi connectivity index (χ4n) is 6.93. The average molecular weight is 600 g/mol. The smallest absolute Gasteiger partial charge is 0.164 e. The molecule has 2 heterocycles. The van der Waals surface area contributed by atoms with Gasteiger partial charge in [-0.25, -0.2) is 15.0 Å². The molecule has 0 fully saturated rings. The number of hydrogen-bond donors (Lipinski definition) is 0. The number of rotatable bonds is 3. The number of fused-ring (bicyclic) bond motifs is 8. The van der Waals surface area contributed by atoms with Crippen molar-refractivity contribution in [3.63, 3.8) is 0 Å². The van der Waals surface area contributed by atoms with Gasteiger partial charge in [0.1, 0.15) is 11.2 Å². The number of furan rings is 1. The van der Waals surface area contributed by atoms with Crippen LogP contribution in [0.2, 0.25) is 0 Å². The Labute approximate surface area is 269 Å². The molecule has 0 spiro atoms. The lowest BCUT2D eigenvalue weighted by Gasteiger charge is -2.11. The summed E-state index contributed by atoms with van der Waals surface area (Å²) in [4.78, 5) is 15.4. The molecule has 10 rings (SSSR count). The van der Waals surface area contributed by atoms with Crippen LogP contribution in [0.25, 0.3) is 99.2 Å². The third-order valence-electron chi connectivity index (χ3n) is 9.25. The van der Waals surface area contributed by atoms with Crippen LogP contribution in [-0.2, 0) is 0 Å². The van der Waals surface area contributed by atoms with E-state index in [1.165, 1.54) is 21.5 Å². The highest BCUT2D eigenvalue weighted by Gasteiger charge is 2.19. The highest BCUT2D eigenvalue weighted by atomic mass is 16.3. The summed E-state index contributed by atoms with van der Waals surface area (Å²) in [6.45, 7) is 0. The standard InChI is InChI=1S/C43H25N3O/c1-2-10-28-22-32(19-16-26(28)8-1)41-44-42(33-20-21-35-31(23-33)18-17-27-9-5-6-13-34(27)35)46-43(45-41)36-14-7-15-38-40(36)37-24-29-11-3-4-12-30(29)25-39(37)47-38/h1-25H. The van der Waals surface area contributed by atoms with Crippen LogP contribution in [0.1, 0.15) is 0 Å². The second-order valence-electron chi connectivity index (χ2n) is 12.1. The van der Waals surface area contributed by atoms with Crippen molar-refractivity contribution in [2.24, 2.45) is 0 Å². The van der Waals surface area contributed by atoms with Gasteiger partial charge in [0, 0.05) is 27.5 Å². The van der Waals surface area contributed by atoms with Gasteiger partial charge in [0.25, 0.3) is 0 Å². The van der Waals surface area contributed by atoms with Crippen molar-refractivity contribution in [1.82, 2.24) is 15.0 Å². The molecule has 0 amide bonds. The predicted octanol–water partition coefficient (Wildman–Crippen LogP) is 11.4. The molecule has 0 aliphatic rings. The predicted molar refractivity (Wildman–Crippen MR) is 193 cm³/mol. The van der Waals surface area contributed by atoms with Crippen molar-refractivity contribution < 1.29 is 4.42 Å². The van der Waals surface area contributed by atoms with E-state index < -0.39 is 0 Å². The lowest BCUT2D eigenvalue weighted by molar-refractivity contribution is 0.669. The molecule has 0 aliphatic heterocycles. The molecule has 218 valence electrons. The van der Waals surface area contributed by atoms with E-state index in [9.17, 15) is 0 Å². The number of benzene rings is 8. The van der Waals surface area contributed by atoms with E-state index in [0.29, 0.717) is 17.5 Å². The molecule has 0 atom stereocenters. The monoisotopic (exact) mass is 599 g/mol. The van der Waals surface area contributed by atoms with Crippen LogP contribution < -0.4 is 0 Å². The summed E-state index contributed by atoms with van der Waals surface area (Å²) in [5.41, 5.74) is 4.44. The molecule has 0 saturated heterocycles. The van der Waals surface area contributed by atoms with Gasteiger partial charge in [-0.15, -0.1) is 0 Å². The maximum absolute atomic E-state index is 6.41. The Kier molecular flexibility index (Phi) is 5.54. The first-order valence-electron chi connectivity index (χ1n) is 15.8. The Bertz CT molecular complexity index is 2870. The summed E-state index contributed by atoms with van der Waals surface area (Å²) in [6.07, 6.45) is 0. The maximum Gasteiger partial charge on any atom is 0.164 e. The Morgan fingerprint density at radius 1 is 0.340 bits per heavy atom. The molecule has 4 nitrogen and oxygen atoms in total. The molecule has 0 aliphatic carbocycles. The molecule has 0 unspecified atom stereocenters. The van der Waals surface area contributed by atoms with Crippen LogP contribution in [0.15, 0.2) is 156 Å². The molecule has 0 radical (unpaired) electrons. The van der Waals surface area contributed by atoms with E-state index in [2.05, 4.69) is 140 Å². The third-order valence-corrected chi connectivity index (χ3v) is 9.25. The van der Waals surface area contributed by atoms with Gasteiger partial charge in [-0.05, 0) is 73.4 Å². The van der Waals surface area contributed by atoms with E-state index in [1.54, 1.807) is 0 Å². The molecule has 10 aromatic rings. The normalized spacial score (nSPS) is 11.8. The summed E-state index contributed by atoms with van der Waals surface area (Å²) >= 11 is 0. The lowest BCUT2D eigenvalue weighted by Crippen LogP contribution is -2.00. The molecule has 47 heavy (non-hydrogen) atoms. The van der Waals surface area contributed by atoms with Gasteiger partial charge >= 0.3 is 0 Å².